The highest BCUT2D eigenvalue weighted by molar-refractivity contribution is 7.98. The van der Waals surface area contributed by atoms with Crippen LogP contribution < -0.4 is 5.32 Å². The SMILES string of the molecule is CSCCN1C(=O)C(C)NC1c1cccc(Cl)c1. The Kier molecular flexibility index (Phi) is 4.54. The van der Waals surface area contributed by atoms with Gasteiger partial charge in [0.1, 0.15) is 6.17 Å². The first-order valence-electron chi connectivity index (χ1n) is 5.94. The van der Waals surface area contributed by atoms with Crippen molar-refractivity contribution in [3.05, 3.63) is 34.9 Å². The molecule has 1 aromatic carbocycles. The van der Waals surface area contributed by atoms with Crippen molar-refractivity contribution >= 4 is 29.3 Å². The molecule has 0 saturated carbocycles. The molecular weight excluding hydrogens is 268 g/mol. The van der Waals surface area contributed by atoms with Gasteiger partial charge >= 0.3 is 0 Å². The van der Waals surface area contributed by atoms with E-state index in [0.717, 1.165) is 17.9 Å². The minimum atomic E-state index is -0.129. The van der Waals surface area contributed by atoms with Crippen LogP contribution in [0.4, 0.5) is 0 Å². The van der Waals surface area contributed by atoms with Crippen LogP contribution in [-0.4, -0.2) is 35.4 Å². The Bertz CT molecular complexity index is 441. The van der Waals surface area contributed by atoms with Gasteiger partial charge in [-0.2, -0.15) is 11.8 Å². The molecular formula is C13H17ClN2OS. The van der Waals surface area contributed by atoms with Crippen molar-refractivity contribution in [2.75, 3.05) is 18.6 Å². The van der Waals surface area contributed by atoms with Crippen LogP contribution in [0.5, 0.6) is 0 Å². The van der Waals surface area contributed by atoms with E-state index in [1.165, 1.54) is 0 Å². The minimum Gasteiger partial charge on any atom is -0.321 e. The van der Waals surface area contributed by atoms with Gasteiger partial charge in [0, 0.05) is 17.3 Å². The molecule has 2 unspecified atom stereocenters. The van der Waals surface area contributed by atoms with Gasteiger partial charge in [-0.05, 0) is 30.9 Å². The highest BCUT2D eigenvalue weighted by Gasteiger charge is 2.36. The Hall–Kier alpha value is -0.710. The average Bonchev–Trinajstić information content (AvgIpc) is 2.64. The molecule has 1 N–H and O–H groups in total. The third kappa shape index (κ3) is 2.82. The van der Waals surface area contributed by atoms with Gasteiger partial charge in [-0.25, -0.2) is 0 Å². The van der Waals surface area contributed by atoms with E-state index in [9.17, 15) is 4.79 Å². The van der Waals surface area contributed by atoms with Crippen molar-refractivity contribution in [2.24, 2.45) is 0 Å². The lowest BCUT2D eigenvalue weighted by Crippen LogP contribution is -2.32. The fourth-order valence-electron chi connectivity index (χ4n) is 2.16. The summed E-state index contributed by atoms with van der Waals surface area (Å²) in [6, 6.07) is 7.55. The van der Waals surface area contributed by atoms with Crippen LogP contribution in [0.15, 0.2) is 24.3 Å². The molecule has 1 aromatic rings. The number of carbonyl (C=O) groups excluding carboxylic acids is 1. The highest BCUT2D eigenvalue weighted by atomic mass is 35.5. The molecule has 3 nitrogen and oxygen atoms in total. The van der Waals surface area contributed by atoms with Crippen LogP contribution in [0, 0.1) is 0 Å². The maximum atomic E-state index is 12.1. The van der Waals surface area contributed by atoms with E-state index in [4.69, 9.17) is 11.6 Å². The van der Waals surface area contributed by atoms with Crippen molar-refractivity contribution in [1.29, 1.82) is 0 Å². The number of rotatable bonds is 4. The zero-order valence-corrected chi connectivity index (χ0v) is 12.1. The molecule has 0 radical (unpaired) electrons. The summed E-state index contributed by atoms with van der Waals surface area (Å²) >= 11 is 7.76. The van der Waals surface area contributed by atoms with E-state index < -0.39 is 0 Å². The lowest BCUT2D eigenvalue weighted by molar-refractivity contribution is -0.129. The van der Waals surface area contributed by atoms with E-state index in [1.54, 1.807) is 11.8 Å². The first kappa shape index (κ1) is 13.7. The summed E-state index contributed by atoms with van der Waals surface area (Å²) in [4.78, 5) is 14.0. The lowest BCUT2D eigenvalue weighted by Gasteiger charge is -2.24. The Morgan fingerprint density at radius 2 is 2.28 bits per heavy atom. The van der Waals surface area contributed by atoms with Gasteiger partial charge in [0.25, 0.3) is 0 Å². The molecule has 0 bridgehead atoms. The number of carbonyl (C=O) groups is 1. The first-order valence-corrected chi connectivity index (χ1v) is 7.71. The number of nitrogens with one attached hydrogen (secondary N) is 1. The van der Waals surface area contributed by atoms with E-state index in [1.807, 2.05) is 42.3 Å². The zero-order chi connectivity index (χ0) is 13.1. The lowest BCUT2D eigenvalue weighted by atomic mass is 10.1. The van der Waals surface area contributed by atoms with Crippen molar-refractivity contribution in [2.45, 2.75) is 19.1 Å². The van der Waals surface area contributed by atoms with Crippen molar-refractivity contribution < 1.29 is 4.79 Å². The maximum absolute atomic E-state index is 12.1. The van der Waals surface area contributed by atoms with Crippen molar-refractivity contribution in [1.82, 2.24) is 10.2 Å². The second-order valence-electron chi connectivity index (χ2n) is 4.37. The van der Waals surface area contributed by atoms with Crippen molar-refractivity contribution in [3.63, 3.8) is 0 Å². The van der Waals surface area contributed by atoms with E-state index in [2.05, 4.69) is 5.32 Å². The predicted octanol–water partition coefficient (Wildman–Crippen LogP) is 2.52. The number of halogens is 1. The molecule has 0 aliphatic carbocycles. The standard InChI is InChI=1S/C13H17ClN2OS/c1-9-13(17)16(6-7-18-2)12(15-9)10-4-3-5-11(14)8-10/h3-5,8-9,12,15H,6-7H2,1-2H3. The van der Waals surface area contributed by atoms with E-state index >= 15 is 0 Å². The zero-order valence-electron chi connectivity index (χ0n) is 10.5. The molecule has 98 valence electrons. The number of benzene rings is 1. The number of hydrogen-bond donors (Lipinski definition) is 1. The molecule has 0 spiro atoms. The average molecular weight is 285 g/mol. The van der Waals surface area contributed by atoms with E-state index in [-0.39, 0.29) is 18.1 Å². The molecule has 1 heterocycles. The summed E-state index contributed by atoms with van der Waals surface area (Å²) in [5, 5.41) is 4.01. The summed E-state index contributed by atoms with van der Waals surface area (Å²) in [5.74, 6) is 1.10. The molecule has 1 amide bonds. The topological polar surface area (TPSA) is 32.3 Å². The molecule has 1 fully saturated rings. The Morgan fingerprint density at radius 1 is 1.50 bits per heavy atom. The minimum absolute atomic E-state index is 0.0571. The molecule has 2 atom stereocenters. The maximum Gasteiger partial charge on any atom is 0.241 e. The van der Waals surface area contributed by atoms with Crippen LogP contribution in [0.2, 0.25) is 5.02 Å². The van der Waals surface area contributed by atoms with Gasteiger partial charge in [-0.3, -0.25) is 10.1 Å². The molecule has 1 aliphatic rings. The molecule has 1 aliphatic heterocycles. The Labute approximate surface area is 117 Å². The predicted molar refractivity (Wildman–Crippen MR) is 76.9 cm³/mol. The van der Waals surface area contributed by atoms with Crippen LogP contribution in [0.25, 0.3) is 0 Å². The molecule has 18 heavy (non-hydrogen) atoms. The summed E-state index contributed by atoms with van der Waals surface area (Å²) in [7, 11) is 0. The highest BCUT2D eigenvalue weighted by Crippen LogP contribution is 2.27. The van der Waals surface area contributed by atoms with Gasteiger partial charge in [-0.1, -0.05) is 23.7 Å². The number of hydrogen-bond acceptors (Lipinski definition) is 3. The molecule has 1 saturated heterocycles. The van der Waals surface area contributed by atoms with Gasteiger partial charge in [-0.15, -0.1) is 0 Å². The van der Waals surface area contributed by atoms with E-state index in [0.29, 0.717) is 5.02 Å². The molecule has 2 rings (SSSR count). The molecule has 0 aromatic heterocycles. The third-order valence-corrected chi connectivity index (χ3v) is 3.90. The van der Waals surface area contributed by atoms with Crippen LogP contribution in [-0.2, 0) is 4.79 Å². The second-order valence-corrected chi connectivity index (χ2v) is 5.79. The molecule has 5 heteroatoms. The van der Waals surface area contributed by atoms with Gasteiger partial charge in [0.05, 0.1) is 6.04 Å². The summed E-state index contributed by atoms with van der Waals surface area (Å²) < 4.78 is 0. The second kappa shape index (κ2) is 5.95. The third-order valence-electron chi connectivity index (χ3n) is 3.07. The van der Waals surface area contributed by atoms with Crippen molar-refractivity contribution in [3.8, 4) is 0 Å². The monoisotopic (exact) mass is 284 g/mol. The smallest absolute Gasteiger partial charge is 0.241 e. The number of thioether (sulfide) groups is 1. The summed E-state index contributed by atoms with van der Waals surface area (Å²) in [6.07, 6.45) is 1.99. The normalized spacial score (nSPS) is 23.7. The van der Waals surface area contributed by atoms with Gasteiger partial charge in [0.15, 0.2) is 0 Å². The quantitative estimate of drug-likeness (QED) is 0.922. The fraction of sp³-hybridized carbons (Fsp3) is 0.462. The summed E-state index contributed by atoms with van der Waals surface area (Å²) in [6.45, 7) is 2.66. The Balaban J connectivity index is 2.22. The number of nitrogens with zero attached hydrogens (tertiary/aromatic N) is 1. The fourth-order valence-corrected chi connectivity index (χ4v) is 2.73. The largest absolute Gasteiger partial charge is 0.321 e. The number of amides is 1. The Morgan fingerprint density at radius 3 is 2.94 bits per heavy atom. The van der Waals surface area contributed by atoms with Crippen LogP contribution in [0.3, 0.4) is 0 Å². The van der Waals surface area contributed by atoms with Gasteiger partial charge < -0.3 is 4.90 Å². The first-order chi connectivity index (χ1) is 8.63. The van der Waals surface area contributed by atoms with Crippen LogP contribution >= 0.6 is 23.4 Å². The van der Waals surface area contributed by atoms with Gasteiger partial charge in [0.2, 0.25) is 5.91 Å². The van der Waals surface area contributed by atoms with Crippen LogP contribution in [0.1, 0.15) is 18.7 Å². The summed E-state index contributed by atoms with van der Waals surface area (Å²) in [5.41, 5.74) is 1.04.